The molecule has 0 saturated carbocycles. The highest BCUT2D eigenvalue weighted by molar-refractivity contribution is 6.34. The Hall–Kier alpha value is -1.59. The van der Waals surface area contributed by atoms with E-state index in [0.29, 0.717) is 11.7 Å². The van der Waals surface area contributed by atoms with E-state index < -0.39 is 5.91 Å². The van der Waals surface area contributed by atoms with E-state index in [0.717, 1.165) is 0 Å². The van der Waals surface area contributed by atoms with E-state index in [1.807, 2.05) is 0 Å². The predicted octanol–water partition coefficient (Wildman–Crippen LogP) is 2.61. The standard InChI is InChI=1S/C11H9Cl2N3O2/c1-6-4-14-9(18-6)5-15-11(17)10-7(12)2-3-8(13)16-10/h2-4H,5H2,1H3,(H,15,17). The Morgan fingerprint density at radius 3 is 2.89 bits per heavy atom. The monoisotopic (exact) mass is 285 g/mol. The lowest BCUT2D eigenvalue weighted by atomic mass is 10.3. The Kier molecular flexibility index (Phi) is 3.84. The molecule has 0 aliphatic heterocycles. The molecule has 1 amide bonds. The maximum atomic E-state index is 11.8. The lowest BCUT2D eigenvalue weighted by Gasteiger charge is -2.04. The fourth-order valence-electron chi connectivity index (χ4n) is 1.30. The summed E-state index contributed by atoms with van der Waals surface area (Å²) >= 11 is 11.6. The molecule has 0 aliphatic carbocycles. The van der Waals surface area contributed by atoms with Crippen LogP contribution in [0.15, 0.2) is 22.7 Å². The Labute approximate surface area is 113 Å². The quantitative estimate of drug-likeness (QED) is 0.881. The molecule has 94 valence electrons. The van der Waals surface area contributed by atoms with Gasteiger partial charge in [0, 0.05) is 0 Å². The fourth-order valence-corrected chi connectivity index (χ4v) is 1.64. The molecule has 0 aromatic carbocycles. The van der Waals surface area contributed by atoms with E-state index in [2.05, 4.69) is 15.3 Å². The molecule has 2 aromatic heterocycles. The number of pyridine rings is 1. The number of amides is 1. The van der Waals surface area contributed by atoms with Crippen LogP contribution in [-0.4, -0.2) is 15.9 Å². The second-order valence-electron chi connectivity index (χ2n) is 3.51. The van der Waals surface area contributed by atoms with Gasteiger partial charge >= 0.3 is 0 Å². The van der Waals surface area contributed by atoms with Gasteiger partial charge in [0.2, 0.25) is 5.89 Å². The van der Waals surface area contributed by atoms with E-state index in [1.165, 1.54) is 12.1 Å². The van der Waals surface area contributed by atoms with Crippen molar-refractivity contribution in [2.45, 2.75) is 13.5 Å². The van der Waals surface area contributed by atoms with E-state index in [4.69, 9.17) is 27.6 Å². The van der Waals surface area contributed by atoms with Crippen LogP contribution in [0.2, 0.25) is 10.2 Å². The Morgan fingerprint density at radius 2 is 2.22 bits per heavy atom. The summed E-state index contributed by atoms with van der Waals surface area (Å²) in [6.07, 6.45) is 1.58. The number of hydrogen-bond acceptors (Lipinski definition) is 4. The van der Waals surface area contributed by atoms with Gasteiger partial charge in [-0.25, -0.2) is 9.97 Å². The van der Waals surface area contributed by atoms with E-state index in [-0.39, 0.29) is 22.4 Å². The summed E-state index contributed by atoms with van der Waals surface area (Å²) in [6, 6.07) is 3.03. The highest BCUT2D eigenvalue weighted by Crippen LogP contribution is 2.16. The molecule has 0 aliphatic rings. The zero-order valence-electron chi connectivity index (χ0n) is 9.41. The minimum absolute atomic E-state index is 0.0763. The third-order valence-electron chi connectivity index (χ3n) is 2.10. The Bertz CT molecular complexity index is 583. The van der Waals surface area contributed by atoms with Crippen LogP contribution in [0.25, 0.3) is 0 Å². The molecule has 18 heavy (non-hydrogen) atoms. The van der Waals surface area contributed by atoms with Crippen molar-refractivity contribution >= 4 is 29.1 Å². The smallest absolute Gasteiger partial charge is 0.271 e. The molecule has 0 atom stereocenters. The largest absolute Gasteiger partial charge is 0.444 e. The molecule has 0 saturated heterocycles. The van der Waals surface area contributed by atoms with Gasteiger partial charge in [0.25, 0.3) is 5.91 Å². The van der Waals surface area contributed by atoms with Crippen molar-refractivity contribution in [3.8, 4) is 0 Å². The first kappa shape index (κ1) is 12.9. The van der Waals surface area contributed by atoms with Crippen LogP contribution >= 0.6 is 23.2 Å². The average Bonchev–Trinajstić information content (AvgIpc) is 2.75. The Balaban J connectivity index is 2.05. The van der Waals surface area contributed by atoms with Crippen LogP contribution < -0.4 is 5.32 Å². The third-order valence-corrected chi connectivity index (χ3v) is 2.61. The first-order valence-electron chi connectivity index (χ1n) is 5.08. The maximum Gasteiger partial charge on any atom is 0.271 e. The molecule has 2 rings (SSSR count). The number of carbonyl (C=O) groups excluding carboxylic acids is 1. The van der Waals surface area contributed by atoms with Gasteiger partial charge in [0.05, 0.1) is 17.8 Å². The third kappa shape index (κ3) is 3.00. The molecular formula is C11H9Cl2N3O2. The lowest BCUT2D eigenvalue weighted by Crippen LogP contribution is -2.24. The van der Waals surface area contributed by atoms with Crippen LogP contribution in [0.1, 0.15) is 22.1 Å². The predicted molar refractivity (Wildman–Crippen MR) is 66.7 cm³/mol. The van der Waals surface area contributed by atoms with Crippen LogP contribution in [-0.2, 0) is 6.54 Å². The van der Waals surface area contributed by atoms with Gasteiger partial charge in [-0.1, -0.05) is 23.2 Å². The zero-order chi connectivity index (χ0) is 13.1. The van der Waals surface area contributed by atoms with Crippen LogP contribution in [0, 0.1) is 6.92 Å². The second-order valence-corrected chi connectivity index (χ2v) is 4.31. The molecular weight excluding hydrogens is 277 g/mol. The Morgan fingerprint density at radius 1 is 1.44 bits per heavy atom. The van der Waals surface area contributed by atoms with Crippen LogP contribution in [0.3, 0.4) is 0 Å². The molecule has 2 aromatic rings. The highest BCUT2D eigenvalue weighted by atomic mass is 35.5. The minimum atomic E-state index is -0.432. The average molecular weight is 286 g/mol. The van der Waals surface area contributed by atoms with E-state index in [9.17, 15) is 4.79 Å². The molecule has 0 radical (unpaired) electrons. The molecule has 2 heterocycles. The molecule has 5 nitrogen and oxygen atoms in total. The summed E-state index contributed by atoms with van der Waals surface area (Å²) in [5, 5.41) is 3.04. The van der Waals surface area contributed by atoms with Crippen molar-refractivity contribution < 1.29 is 9.21 Å². The van der Waals surface area contributed by atoms with Crippen molar-refractivity contribution in [1.82, 2.24) is 15.3 Å². The van der Waals surface area contributed by atoms with E-state index in [1.54, 1.807) is 13.1 Å². The number of aryl methyl sites for hydroxylation is 1. The van der Waals surface area contributed by atoms with Crippen molar-refractivity contribution in [1.29, 1.82) is 0 Å². The van der Waals surface area contributed by atoms with E-state index >= 15 is 0 Å². The lowest BCUT2D eigenvalue weighted by molar-refractivity contribution is 0.0942. The number of halogens is 2. The van der Waals surface area contributed by atoms with Gasteiger partial charge in [-0.15, -0.1) is 0 Å². The summed E-state index contributed by atoms with van der Waals surface area (Å²) in [5.74, 6) is 0.663. The van der Waals surface area contributed by atoms with Crippen molar-refractivity contribution in [2.24, 2.45) is 0 Å². The summed E-state index contributed by atoms with van der Waals surface area (Å²) in [7, 11) is 0. The molecule has 0 unspecified atom stereocenters. The minimum Gasteiger partial charge on any atom is -0.444 e. The topological polar surface area (TPSA) is 68.0 Å². The first-order valence-corrected chi connectivity index (χ1v) is 5.83. The SMILES string of the molecule is Cc1cnc(CNC(=O)c2nc(Cl)ccc2Cl)o1. The van der Waals surface area contributed by atoms with Crippen molar-refractivity contribution in [3.05, 3.63) is 45.9 Å². The summed E-state index contributed by atoms with van der Waals surface area (Å²) in [4.78, 5) is 19.6. The molecule has 0 fully saturated rings. The maximum absolute atomic E-state index is 11.8. The van der Waals surface area contributed by atoms with Gasteiger partial charge in [0.15, 0.2) is 0 Å². The summed E-state index contributed by atoms with van der Waals surface area (Å²) in [6.45, 7) is 1.94. The fraction of sp³-hybridized carbons (Fsp3) is 0.182. The number of carbonyl (C=O) groups is 1. The molecule has 0 spiro atoms. The van der Waals surface area contributed by atoms with Gasteiger partial charge in [-0.2, -0.15) is 0 Å². The van der Waals surface area contributed by atoms with Gasteiger partial charge in [-0.3, -0.25) is 4.79 Å². The molecule has 1 N–H and O–H groups in total. The van der Waals surface area contributed by atoms with Crippen molar-refractivity contribution in [2.75, 3.05) is 0 Å². The first-order chi connectivity index (χ1) is 8.56. The zero-order valence-corrected chi connectivity index (χ0v) is 10.9. The van der Waals surface area contributed by atoms with Gasteiger partial charge < -0.3 is 9.73 Å². The number of nitrogens with one attached hydrogen (secondary N) is 1. The second kappa shape index (κ2) is 5.37. The normalized spacial score (nSPS) is 10.4. The highest BCUT2D eigenvalue weighted by Gasteiger charge is 2.13. The summed E-state index contributed by atoms with van der Waals surface area (Å²) < 4.78 is 5.22. The number of nitrogens with zero attached hydrogens (tertiary/aromatic N) is 2. The number of aromatic nitrogens is 2. The van der Waals surface area contributed by atoms with Crippen molar-refractivity contribution in [3.63, 3.8) is 0 Å². The van der Waals surface area contributed by atoms with Crippen LogP contribution in [0.5, 0.6) is 0 Å². The molecule has 0 bridgehead atoms. The molecule has 7 heteroatoms. The number of oxazole rings is 1. The van der Waals surface area contributed by atoms with Gasteiger partial charge in [0.1, 0.15) is 16.6 Å². The number of rotatable bonds is 3. The number of hydrogen-bond donors (Lipinski definition) is 1. The summed E-state index contributed by atoms with van der Waals surface area (Å²) in [5.41, 5.74) is 0.0763. The van der Waals surface area contributed by atoms with Gasteiger partial charge in [-0.05, 0) is 19.1 Å². The van der Waals surface area contributed by atoms with Crippen LogP contribution in [0.4, 0.5) is 0 Å².